The molecular formula is C22H32N4O3. The molecule has 2 heterocycles. The standard InChI is InChI=1S/C22H32N4O3/c1-6-23-22(25-13-18-11-19(14(3)4)26-29-18)24-12-17-10-21-16(8-15(5)28-21)9-20(17)27-7-2/h9-11,14-15H,6-8,12-13H2,1-5H3,(H2,23,24,25). The lowest BCUT2D eigenvalue weighted by atomic mass is 10.1. The normalized spacial score (nSPS) is 15.9. The van der Waals surface area contributed by atoms with Gasteiger partial charge in [-0.3, -0.25) is 0 Å². The summed E-state index contributed by atoms with van der Waals surface area (Å²) in [7, 11) is 0. The molecule has 158 valence electrons. The van der Waals surface area contributed by atoms with Gasteiger partial charge in [0.25, 0.3) is 0 Å². The smallest absolute Gasteiger partial charge is 0.191 e. The second-order valence-corrected chi connectivity index (χ2v) is 7.55. The molecule has 1 aromatic carbocycles. The molecule has 0 fully saturated rings. The molecule has 7 heteroatoms. The predicted molar refractivity (Wildman–Crippen MR) is 114 cm³/mol. The highest BCUT2D eigenvalue weighted by Crippen LogP contribution is 2.35. The Morgan fingerprint density at radius 2 is 2.10 bits per heavy atom. The van der Waals surface area contributed by atoms with E-state index in [-0.39, 0.29) is 6.10 Å². The summed E-state index contributed by atoms with van der Waals surface area (Å²) in [6.45, 7) is 12.7. The van der Waals surface area contributed by atoms with E-state index in [1.54, 1.807) is 0 Å². The molecule has 0 aliphatic carbocycles. The molecule has 0 spiro atoms. The molecule has 0 radical (unpaired) electrons. The van der Waals surface area contributed by atoms with Crippen molar-refractivity contribution in [3.05, 3.63) is 40.8 Å². The van der Waals surface area contributed by atoms with Crippen molar-refractivity contribution < 1.29 is 14.0 Å². The number of ether oxygens (including phenoxy) is 2. The quantitative estimate of drug-likeness (QED) is 0.519. The number of hydrogen-bond acceptors (Lipinski definition) is 5. The molecule has 1 atom stereocenters. The Balaban J connectivity index is 1.71. The Kier molecular flexibility index (Phi) is 7.01. The minimum absolute atomic E-state index is 0.204. The first-order valence-electron chi connectivity index (χ1n) is 10.4. The number of rotatable bonds is 8. The average molecular weight is 401 g/mol. The molecular weight excluding hydrogens is 368 g/mol. The van der Waals surface area contributed by atoms with Gasteiger partial charge in [-0.15, -0.1) is 0 Å². The van der Waals surface area contributed by atoms with E-state index in [0.717, 1.165) is 41.5 Å². The van der Waals surface area contributed by atoms with Gasteiger partial charge < -0.3 is 24.6 Å². The number of benzene rings is 1. The van der Waals surface area contributed by atoms with Crippen LogP contribution >= 0.6 is 0 Å². The summed E-state index contributed by atoms with van der Waals surface area (Å²) < 4.78 is 17.2. The van der Waals surface area contributed by atoms with Gasteiger partial charge in [-0.2, -0.15) is 0 Å². The predicted octanol–water partition coefficient (Wildman–Crippen LogP) is 3.78. The van der Waals surface area contributed by atoms with Crippen LogP contribution in [0.3, 0.4) is 0 Å². The number of nitrogens with zero attached hydrogens (tertiary/aromatic N) is 2. The van der Waals surface area contributed by atoms with E-state index in [1.807, 2.05) is 19.9 Å². The fourth-order valence-electron chi connectivity index (χ4n) is 3.26. The van der Waals surface area contributed by atoms with E-state index < -0.39 is 0 Å². The number of aliphatic imine (C=N–C) groups is 1. The SMILES string of the molecule is CCNC(=NCc1cc2c(cc1OCC)CC(C)O2)NCc1cc(C(C)C)no1. The van der Waals surface area contributed by atoms with E-state index in [4.69, 9.17) is 19.0 Å². The molecule has 29 heavy (non-hydrogen) atoms. The molecule has 0 saturated carbocycles. The Labute approximate surface area is 172 Å². The average Bonchev–Trinajstić information content (AvgIpc) is 3.29. The highest BCUT2D eigenvalue weighted by Gasteiger charge is 2.21. The van der Waals surface area contributed by atoms with Crippen LogP contribution in [0.4, 0.5) is 0 Å². The van der Waals surface area contributed by atoms with Crippen molar-refractivity contribution >= 4 is 5.96 Å². The number of guanidine groups is 1. The summed E-state index contributed by atoms with van der Waals surface area (Å²) in [6, 6.07) is 6.13. The van der Waals surface area contributed by atoms with Gasteiger partial charge in [0.05, 0.1) is 25.4 Å². The zero-order valence-corrected chi connectivity index (χ0v) is 18.0. The molecule has 0 saturated heterocycles. The summed E-state index contributed by atoms with van der Waals surface area (Å²) in [5.74, 6) is 3.66. The molecule has 1 unspecified atom stereocenters. The molecule has 3 rings (SSSR count). The molecule has 0 amide bonds. The van der Waals surface area contributed by atoms with Gasteiger partial charge in [0, 0.05) is 30.2 Å². The molecule has 1 aromatic heterocycles. The van der Waals surface area contributed by atoms with Crippen molar-refractivity contribution in [1.29, 1.82) is 0 Å². The first-order valence-corrected chi connectivity index (χ1v) is 10.4. The Bertz CT molecular complexity index is 845. The summed E-state index contributed by atoms with van der Waals surface area (Å²) >= 11 is 0. The fraction of sp³-hybridized carbons (Fsp3) is 0.545. The Hall–Kier alpha value is -2.70. The lowest BCUT2D eigenvalue weighted by molar-refractivity contribution is 0.254. The summed E-state index contributed by atoms with van der Waals surface area (Å²) in [5.41, 5.74) is 3.17. The van der Waals surface area contributed by atoms with Crippen molar-refractivity contribution in [2.24, 2.45) is 4.99 Å². The number of nitrogens with one attached hydrogen (secondary N) is 2. The van der Waals surface area contributed by atoms with Crippen LogP contribution in [0.15, 0.2) is 27.7 Å². The topological polar surface area (TPSA) is 80.9 Å². The van der Waals surface area contributed by atoms with Crippen LogP contribution in [0.2, 0.25) is 0 Å². The molecule has 0 bridgehead atoms. The van der Waals surface area contributed by atoms with Gasteiger partial charge >= 0.3 is 0 Å². The van der Waals surface area contributed by atoms with Crippen LogP contribution in [-0.2, 0) is 19.5 Å². The maximum atomic E-state index is 5.91. The summed E-state index contributed by atoms with van der Waals surface area (Å²) in [5, 5.41) is 10.7. The third-order valence-electron chi connectivity index (χ3n) is 4.73. The highest BCUT2D eigenvalue weighted by atomic mass is 16.5. The van der Waals surface area contributed by atoms with Gasteiger partial charge in [0.1, 0.15) is 17.6 Å². The minimum atomic E-state index is 0.204. The number of aromatic nitrogens is 1. The first-order chi connectivity index (χ1) is 14.0. The largest absolute Gasteiger partial charge is 0.494 e. The molecule has 2 N–H and O–H groups in total. The maximum absolute atomic E-state index is 5.91. The van der Waals surface area contributed by atoms with E-state index in [9.17, 15) is 0 Å². The second kappa shape index (κ2) is 9.67. The van der Waals surface area contributed by atoms with E-state index >= 15 is 0 Å². The molecule has 1 aliphatic heterocycles. The van der Waals surface area contributed by atoms with Crippen LogP contribution in [0.1, 0.15) is 63.1 Å². The van der Waals surface area contributed by atoms with Crippen molar-refractivity contribution in [2.45, 2.75) is 66.2 Å². The monoisotopic (exact) mass is 400 g/mol. The Morgan fingerprint density at radius 1 is 1.28 bits per heavy atom. The Morgan fingerprint density at radius 3 is 2.79 bits per heavy atom. The van der Waals surface area contributed by atoms with Gasteiger partial charge in [-0.05, 0) is 38.8 Å². The maximum Gasteiger partial charge on any atom is 0.191 e. The molecule has 1 aliphatic rings. The number of fused-ring (bicyclic) bond motifs is 1. The van der Waals surface area contributed by atoms with Crippen LogP contribution in [0.5, 0.6) is 11.5 Å². The van der Waals surface area contributed by atoms with Crippen molar-refractivity contribution in [3.63, 3.8) is 0 Å². The highest BCUT2D eigenvalue weighted by molar-refractivity contribution is 5.79. The van der Waals surface area contributed by atoms with E-state index in [0.29, 0.717) is 31.6 Å². The van der Waals surface area contributed by atoms with Crippen LogP contribution in [0, 0.1) is 0 Å². The zero-order chi connectivity index (χ0) is 20.8. The van der Waals surface area contributed by atoms with Crippen molar-refractivity contribution in [3.8, 4) is 11.5 Å². The lowest BCUT2D eigenvalue weighted by Crippen LogP contribution is -2.36. The molecule has 7 nitrogen and oxygen atoms in total. The zero-order valence-electron chi connectivity index (χ0n) is 18.0. The van der Waals surface area contributed by atoms with Gasteiger partial charge in [-0.25, -0.2) is 4.99 Å². The van der Waals surface area contributed by atoms with Gasteiger partial charge in [-0.1, -0.05) is 19.0 Å². The second-order valence-electron chi connectivity index (χ2n) is 7.55. The minimum Gasteiger partial charge on any atom is -0.494 e. The van der Waals surface area contributed by atoms with Crippen molar-refractivity contribution in [2.75, 3.05) is 13.2 Å². The van der Waals surface area contributed by atoms with Crippen LogP contribution < -0.4 is 20.1 Å². The number of hydrogen-bond donors (Lipinski definition) is 2. The van der Waals surface area contributed by atoms with E-state index in [2.05, 4.69) is 48.7 Å². The van der Waals surface area contributed by atoms with Gasteiger partial charge in [0.2, 0.25) is 0 Å². The van der Waals surface area contributed by atoms with Crippen LogP contribution in [-0.4, -0.2) is 30.4 Å². The van der Waals surface area contributed by atoms with Crippen molar-refractivity contribution in [1.82, 2.24) is 15.8 Å². The third-order valence-corrected chi connectivity index (χ3v) is 4.73. The van der Waals surface area contributed by atoms with Gasteiger partial charge in [0.15, 0.2) is 11.7 Å². The van der Waals surface area contributed by atoms with E-state index in [1.165, 1.54) is 5.56 Å². The lowest BCUT2D eigenvalue weighted by Gasteiger charge is -2.13. The van der Waals surface area contributed by atoms with Crippen LogP contribution in [0.25, 0.3) is 0 Å². The first kappa shape index (κ1) is 21.0. The summed E-state index contributed by atoms with van der Waals surface area (Å²) in [6.07, 6.45) is 1.12. The molecule has 2 aromatic rings. The third kappa shape index (κ3) is 5.43. The fourth-order valence-corrected chi connectivity index (χ4v) is 3.26. The summed E-state index contributed by atoms with van der Waals surface area (Å²) in [4.78, 5) is 4.72.